The molecule has 0 N–H and O–H groups in total. The van der Waals surface area contributed by atoms with Crippen molar-refractivity contribution in [1.82, 2.24) is 0 Å². The number of rotatable bonds is 4. The number of allylic oxidation sites excluding steroid dienone is 1. The Morgan fingerprint density at radius 3 is 2.27 bits per heavy atom. The van der Waals surface area contributed by atoms with Crippen LogP contribution in [0.3, 0.4) is 0 Å². The number of carbonyl (C=O) groups is 2. The van der Waals surface area contributed by atoms with Gasteiger partial charge in [-0.3, -0.25) is 9.59 Å². The van der Waals surface area contributed by atoms with Crippen LogP contribution in [0.25, 0.3) is 0 Å². The van der Waals surface area contributed by atoms with E-state index in [2.05, 4.69) is 13.8 Å². The first kappa shape index (κ1) is 25.4. The van der Waals surface area contributed by atoms with Gasteiger partial charge >= 0.3 is 5.97 Å². The summed E-state index contributed by atoms with van der Waals surface area (Å²) in [7, 11) is 39.0. The molecule has 4 aliphatic carbocycles. The minimum atomic E-state index is -1.65. The van der Waals surface area contributed by atoms with E-state index in [0.717, 1.165) is 38.5 Å². The van der Waals surface area contributed by atoms with Crippen LogP contribution in [-0.2, 0) is 14.3 Å². The molecule has 6 atom stereocenters. The third-order valence-electron chi connectivity index (χ3n) is 9.74. The Hall–Kier alpha value is -0.730. The number of Topliss-reactive ketones (excluding diaryl/α,β-unsaturated/α-hetero) is 1. The SMILES string of the molecule is [B]C1=C2C([B])([B])CC3C(CC[C@@]4(CC)C3CC[C@]4(C)OC(=O)CCC)C2([B])CC([B])([B])C1=O. The third kappa shape index (κ3) is 3.44. The molecule has 0 spiro atoms. The standard InChI is InChI=1S/C24H30B6O3/c1-4-6-16(31)33-20(3)9-7-14-13-11-23(27,28)18-17(25)19(32)24(29,30)12-22(18,26)15(13)8-10-21(14,20)5-2/h13-15H,4-12H2,1-3H3/t13?,14?,15?,20-,21-,22?/m0/s1. The molecule has 12 radical (unpaired) electrons. The van der Waals surface area contributed by atoms with Crippen LogP contribution in [0.2, 0.25) is 15.7 Å². The van der Waals surface area contributed by atoms with E-state index in [1.54, 1.807) is 0 Å². The summed E-state index contributed by atoms with van der Waals surface area (Å²) in [6.07, 6.45) is 5.93. The van der Waals surface area contributed by atoms with Gasteiger partial charge in [0.2, 0.25) is 0 Å². The summed E-state index contributed by atoms with van der Waals surface area (Å²) in [5, 5.41) is -4.04. The van der Waals surface area contributed by atoms with Crippen LogP contribution in [0.5, 0.6) is 0 Å². The molecule has 9 heteroatoms. The van der Waals surface area contributed by atoms with Crippen molar-refractivity contribution in [3.8, 4) is 0 Å². The second-order valence-corrected chi connectivity index (χ2v) is 11.5. The van der Waals surface area contributed by atoms with E-state index in [0.29, 0.717) is 18.4 Å². The number of hydrogen-bond acceptors (Lipinski definition) is 3. The second-order valence-electron chi connectivity index (χ2n) is 11.5. The van der Waals surface area contributed by atoms with Crippen molar-refractivity contribution >= 4 is 58.8 Å². The zero-order valence-corrected chi connectivity index (χ0v) is 20.3. The summed E-state index contributed by atoms with van der Waals surface area (Å²) >= 11 is 0. The van der Waals surface area contributed by atoms with Gasteiger partial charge in [-0.2, -0.15) is 0 Å². The topological polar surface area (TPSA) is 43.4 Å². The maximum atomic E-state index is 12.8. The van der Waals surface area contributed by atoms with Crippen LogP contribution in [-0.4, -0.2) is 64.4 Å². The largest absolute Gasteiger partial charge is 0.459 e. The van der Waals surface area contributed by atoms with Gasteiger partial charge in [-0.25, -0.2) is 0 Å². The Balaban J connectivity index is 1.77. The Kier molecular flexibility index (Phi) is 6.06. The van der Waals surface area contributed by atoms with E-state index in [4.69, 9.17) is 51.8 Å². The molecule has 0 heterocycles. The highest BCUT2D eigenvalue weighted by atomic mass is 16.6. The lowest BCUT2D eigenvalue weighted by atomic mass is 9.25. The molecule has 162 valence electrons. The highest BCUT2D eigenvalue weighted by Gasteiger charge is 2.67. The van der Waals surface area contributed by atoms with E-state index in [1.165, 1.54) is 0 Å². The number of fused-ring (bicyclic) bond motifs is 5. The van der Waals surface area contributed by atoms with Gasteiger partial charge in [0.05, 0.1) is 39.2 Å². The fourth-order valence-electron chi connectivity index (χ4n) is 8.49. The maximum Gasteiger partial charge on any atom is 0.306 e. The zero-order valence-electron chi connectivity index (χ0n) is 20.3. The van der Waals surface area contributed by atoms with Crippen molar-refractivity contribution < 1.29 is 14.3 Å². The highest BCUT2D eigenvalue weighted by molar-refractivity contribution is 6.59. The molecule has 0 bridgehead atoms. The predicted octanol–water partition coefficient (Wildman–Crippen LogP) is 2.95. The lowest BCUT2D eigenvalue weighted by Crippen LogP contribution is -2.58. The van der Waals surface area contributed by atoms with E-state index in [9.17, 15) is 9.59 Å². The average molecular weight is 431 g/mol. The van der Waals surface area contributed by atoms with Gasteiger partial charge in [0, 0.05) is 11.8 Å². The summed E-state index contributed by atoms with van der Waals surface area (Å²) in [5.74, 6) is -0.373. The first-order chi connectivity index (χ1) is 15.2. The Morgan fingerprint density at radius 1 is 1.03 bits per heavy atom. The molecule has 4 aliphatic rings. The number of ketones is 1. The van der Waals surface area contributed by atoms with Crippen molar-refractivity contribution in [2.75, 3.05) is 0 Å². The van der Waals surface area contributed by atoms with Crippen LogP contribution in [0, 0.1) is 23.2 Å². The molecule has 0 amide bonds. The van der Waals surface area contributed by atoms with Crippen molar-refractivity contribution in [3.05, 3.63) is 11.0 Å². The first-order valence-electron chi connectivity index (χ1n) is 12.4. The van der Waals surface area contributed by atoms with Crippen molar-refractivity contribution in [2.45, 2.75) is 99.9 Å². The number of esters is 1. The first-order valence-corrected chi connectivity index (χ1v) is 12.4. The van der Waals surface area contributed by atoms with Gasteiger partial charge in [0.25, 0.3) is 0 Å². The molecule has 4 rings (SSSR count). The lowest BCUT2D eigenvalue weighted by Gasteiger charge is -2.66. The van der Waals surface area contributed by atoms with Crippen molar-refractivity contribution in [3.63, 3.8) is 0 Å². The number of ether oxygens (including phenoxy) is 1. The monoisotopic (exact) mass is 432 g/mol. The average Bonchev–Trinajstić information content (AvgIpc) is 2.98. The summed E-state index contributed by atoms with van der Waals surface area (Å²) in [6, 6.07) is 0. The smallest absolute Gasteiger partial charge is 0.306 e. The third-order valence-corrected chi connectivity index (χ3v) is 9.74. The van der Waals surface area contributed by atoms with E-state index in [1.807, 2.05) is 6.92 Å². The quantitative estimate of drug-likeness (QED) is 0.508. The summed E-state index contributed by atoms with van der Waals surface area (Å²) < 4.78 is 6.18. The molecule has 0 saturated heterocycles. The predicted molar refractivity (Wildman–Crippen MR) is 135 cm³/mol. The van der Waals surface area contributed by atoms with Gasteiger partial charge in [0.1, 0.15) is 19.2 Å². The molecule has 33 heavy (non-hydrogen) atoms. The maximum absolute atomic E-state index is 12.8. The minimum Gasteiger partial charge on any atom is -0.459 e. The Labute approximate surface area is 207 Å². The molecule has 3 fully saturated rings. The second kappa shape index (κ2) is 7.89. The summed E-state index contributed by atoms with van der Waals surface area (Å²) in [6.45, 7) is 6.25. The molecular weight excluding hydrogens is 401 g/mol. The molecule has 0 aromatic rings. The number of carbonyl (C=O) groups excluding carboxylic acids is 2. The van der Waals surface area contributed by atoms with Crippen molar-refractivity contribution in [2.24, 2.45) is 23.2 Å². The van der Waals surface area contributed by atoms with Crippen LogP contribution in [0.4, 0.5) is 0 Å². The molecular formula is C24H30B6O3. The fraction of sp³-hybridized carbons (Fsp3) is 0.833. The van der Waals surface area contributed by atoms with Gasteiger partial charge in [-0.1, -0.05) is 42.9 Å². The molecule has 4 unspecified atom stereocenters. The lowest BCUT2D eigenvalue weighted by molar-refractivity contribution is -0.182. The van der Waals surface area contributed by atoms with Crippen LogP contribution < -0.4 is 0 Å². The van der Waals surface area contributed by atoms with Gasteiger partial charge < -0.3 is 4.74 Å². The Bertz CT molecular complexity index is 901. The molecule has 0 aromatic heterocycles. The van der Waals surface area contributed by atoms with Gasteiger partial charge in [-0.15, -0.1) is 0 Å². The van der Waals surface area contributed by atoms with Gasteiger partial charge in [0.15, 0.2) is 0 Å². The fourth-order valence-corrected chi connectivity index (χ4v) is 8.49. The van der Waals surface area contributed by atoms with Crippen LogP contribution in [0.15, 0.2) is 11.0 Å². The summed E-state index contributed by atoms with van der Waals surface area (Å²) in [4.78, 5) is 25.3. The van der Waals surface area contributed by atoms with Crippen LogP contribution >= 0.6 is 0 Å². The molecule has 0 aromatic carbocycles. The highest BCUT2D eigenvalue weighted by Crippen LogP contribution is 2.75. The number of hydrogen-bond donors (Lipinski definition) is 0. The molecule has 3 saturated carbocycles. The molecule has 3 nitrogen and oxygen atoms in total. The normalized spacial score (nSPS) is 43.4. The van der Waals surface area contributed by atoms with E-state index in [-0.39, 0.29) is 41.0 Å². The van der Waals surface area contributed by atoms with E-state index >= 15 is 0 Å². The van der Waals surface area contributed by atoms with Crippen molar-refractivity contribution in [1.29, 1.82) is 0 Å². The minimum absolute atomic E-state index is 0.00998. The zero-order chi connectivity index (χ0) is 24.6. The Morgan fingerprint density at radius 2 is 1.67 bits per heavy atom. The van der Waals surface area contributed by atoms with E-state index < -0.39 is 27.1 Å². The molecule has 0 aliphatic heterocycles. The summed E-state index contributed by atoms with van der Waals surface area (Å²) in [5.41, 5.74) is -0.384. The van der Waals surface area contributed by atoms with Gasteiger partial charge in [-0.05, 0) is 73.7 Å². The van der Waals surface area contributed by atoms with Crippen LogP contribution in [0.1, 0.15) is 78.6 Å².